The lowest BCUT2D eigenvalue weighted by atomic mass is 9.99. The number of aliphatic hydroxyl groups excluding tert-OH is 1. The third-order valence-corrected chi connectivity index (χ3v) is 5.69. The number of nitrogens with zero attached hydrogens (tertiary/aromatic N) is 1. The average molecular weight is 498 g/mol. The minimum absolute atomic E-state index is 0.0142. The van der Waals surface area contributed by atoms with Gasteiger partial charge in [-0.2, -0.15) is 0 Å². The van der Waals surface area contributed by atoms with Crippen LogP contribution in [0.1, 0.15) is 42.4 Å². The third-order valence-electron chi connectivity index (χ3n) is 5.69. The number of hydrogen-bond donors (Lipinski definition) is 3. The summed E-state index contributed by atoms with van der Waals surface area (Å²) in [6.07, 6.45) is 1.57. The normalized spacial score (nSPS) is 19.5. The third kappa shape index (κ3) is 8.17. The van der Waals surface area contributed by atoms with Crippen LogP contribution in [0.15, 0.2) is 61.2 Å². The molecule has 3 unspecified atom stereocenters. The fraction of sp³-hybridized carbons (Fsp3) is 0.407. The van der Waals surface area contributed by atoms with E-state index in [0.29, 0.717) is 18.7 Å². The zero-order chi connectivity index (χ0) is 25.9. The summed E-state index contributed by atoms with van der Waals surface area (Å²) in [5.41, 5.74) is 3.14. The Labute approximate surface area is 212 Å². The van der Waals surface area contributed by atoms with Crippen LogP contribution in [0.2, 0.25) is 0 Å². The molecule has 0 saturated carbocycles. The quantitative estimate of drug-likeness (QED) is 0.322. The van der Waals surface area contributed by atoms with Gasteiger partial charge in [0.15, 0.2) is 6.29 Å². The molecule has 0 aromatic heterocycles. The van der Waals surface area contributed by atoms with Gasteiger partial charge in [0.05, 0.1) is 25.4 Å². The summed E-state index contributed by atoms with van der Waals surface area (Å²) in [7, 11) is 2.01. The molecule has 36 heavy (non-hydrogen) atoms. The molecule has 1 aliphatic heterocycles. The summed E-state index contributed by atoms with van der Waals surface area (Å²) in [5, 5.41) is 14.6. The second-order valence-electron chi connectivity index (χ2n) is 8.60. The van der Waals surface area contributed by atoms with Gasteiger partial charge in [0.25, 0.3) is 0 Å². The molecule has 1 saturated heterocycles. The first kappa shape index (κ1) is 27.3. The zero-order valence-electron chi connectivity index (χ0n) is 20.8. The summed E-state index contributed by atoms with van der Waals surface area (Å²) in [6, 6.07) is 14.4. The van der Waals surface area contributed by atoms with E-state index in [1.807, 2.05) is 49.5 Å². The average Bonchev–Trinajstić information content (AvgIpc) is 2.88. The highest BCUT2D eigenvalue weighted by Gasteiger charge is 2.32. The van der Waals surface area contributed by atoms with E-state index in [9.17, 15) is 14.7 Å². The van der Waals surface area contributed by atoms with Crippen LogP contribution in [0.5, 0.6) is 0 Å². The number of esters is 1. The van der Waals surface area contributed by atoms with Crippen molar-refractivity contribution in [1.82, 2.24) is 10.2 Å². The lowest BCUT2D eigenvalue weighted by Crippen LogP contribution is -2.38. The molecule has 2 aromatic rings. The van der Waals surface area contributed by atoms with Crippen LogP contribution in [0.4, 0.5) is 10.5 Å². The first-order valence-corrected chi connectivity index (χ1v) is 12.0. The summed E-state index contributed by atoms with van der Waals surface area (Å²) in [4.78, 5) is 25.8. The molecule has 1 fully saturated rings. The Morgan fingerprint density at radius 3 is 2.67 bits per heavy atom. The van der Waals surface area contributed by atoms with Crippen LogP contribution in [0.25, 0.3) is 0 Å². The molecule has 9 nitrogen and oxygen atoms in total. The Balaban J connectivity index is 1.73. The van der Waals surface area contributed by atoms with Crippen molar-refractivity contribution in [3.8, 4) is 0 Å². The van der Waals surface area contributed by atoms with Gasteiger partial charge in [0.2, 0.25) is 0 Å². The summed E-state index contributed by atoms with van der Waals surface area (Å²) < 4.78 is 17.5. The Morgan fingerprint density at radius 1 is 1.19 bits per heavy atom. The lowest BCUT2D eigenvalue weighted by molar-refractivity contribution is -0.252. The fourth-order valence-electron chi connectivity index (χ4n) is 3.98. The molecule has 1 aliphatic rings. The molecule has 3 rings (SSSR count). The van der Waals surface area contributed by atoms with Crippen molar-refractivity contribution in [2.24, 2.45) is 0 Å². The molecule has 1 heterocycles. The number of carbonyl (C=O) groups is 2. The number of anilines is 1. The number of rotatable bonds is 11. The highest BCUT2D eigenvalue weighted by atomic mass is 16.7. The molecule has 0 bridgehead atoms. The molecule has 3 N–H and O–H groups in total. The zero-order valence-corrected chi connectivity index (χ0v) is 20.8. The van der Waals surface area contributed by atoms with E-state index in [1.54, 1.807) is 19.1 Å². The van der Waals surface area contributed by atoms with Crippen molar-refractivity contribution in [1.29, 1.82) is 0 Å². The van der Waals surface area contributed by atoms with E-state index in [2.05, 4.69) is 22.1 Å². The van der Waals surface area contributed by atoms with Crippen molar-refractivity contribution in [3.63, 3.8) is 0 Å². The van der Waals surface area contributed by atoms with E-state index < -0.39 is 18.3 Å². The molecule has 0 aliphatic carbocycles. The summed E-state index contributed by atoms with van der Waals surface area (Å²) >= 11 is 0. The summed E-state index contributed by atoms with van der Waals surface area (Å²) in [5.74, 6) is -0.504. The molecule has 194 valence electrons. The molecule has 9 heteroatoms. The number of hydrogen-bond acceptors (Lipinski definition) is 7. The Bertz CT molecular complexity index is 1010. The number of amides is 2. The number of likely N-dealkylation sites (N-methyl/N-ethyl adjacent to an activating group) is 1. The van der Waals surface area contributed by atoms with Gasteiger partial charge in [-0.3, -0.25) is 4.79 Å². The lowest BCUT2D eigenvalue weighted by Gasteiger charge is -2.37. The number of urea groups is 1. The number of benzene rings is 2. The predicted octanol–water partition coefficient (Wildman–Crippen LogP) is 3.53. The SMILES string of the molecule is C=CCN(C)CC1CC(c2ccc(CO)cc2)OC(c2cccc(NC(=O)NCC(=O)OCC)c2)O1. The Hall–Kier alpha value is -3.24. The topological polar surface area (TPSA) is 109 Å². The van der Waals surface area contributed by atoms with Gasteiger partial charge >= 0.3 is 12.0 Å². The van der Waals surface area contributed by atoms with Crippen LogP contribution in [0.3, 0.4) is 0 Å². The number of ether oxygens (including phenoxy) is 3. The highest BCUT2D eigenvalue weighted by molar-refractivity contribution is 5.91. The van der Waals surface area contributed by atoms with E-state index in [0.717, 1.165) is 23.2 Å². The van der Waals surface area contributed by atoms with Gasteiger partial charge in [-0.15, -0.1) is 6.58 Å². The van der Waals surface area contributed by atoms with Crippen molar-refractivity contribution < 1.29 is 28.9 Å². The summed E-state index contributed by atoms with van der Waals surface area (Å²) in [6.45, 7) is 6.97. The predicted molar refractivity (Wildman–Crippen MR) is 136 cm³/mol. The smallest absolute Gasteiger partial charge is 0.325 e. The van der Waals surface area contributed by atoms with Crippen LogP contribution in [0, 0.1) is 0 Å². The molecule has 0 radical (unpaired) electrons. The molecule has 2 aromatic carbocycles. The first-order valence-electron chi connectivity index (χ1n) is 12.0. The van der Waals surface area contributed by atoms with E-state index in [1.165, 1.54) is 0 Å². The molecule has 2 amide bonds. The first-order chi connectivity index (χ1) is 17.4. The van der Waals surface area contributed by atoms with Crippen molar-refractivity contribution >= 4 is 17.7 Å². The molecule has 3 atom stereocenters. The van der Waals surface area contributed by atoms with Crippen molar-refractivity contribution in [3.05, 3.63) is 77.9 Å². The van der Waals surface area contributed by atoms with Gasteiger partial charge in [-0.1, -0.05) is 42.5 Å². The van der Waals surface area contributed by atoms with Gasteiger partial charge in [-0.25, -0.2) is 4.79 Å². The largest absolute Gasteiger partial charge is 0.465 e. The van der Waals surface area contributed by atoms with Gasteiger partial charge in [0, 0.05) is 30.8 Å². The van der Waals surface area contributed by atoms with Crippen LogP contribution >= 0.6 is 0 Å². The fourth-order valence-corrected chi connectivity index (χ4v) is 3.98. The molecular weight excluding hydrogens is 462 g/mol. The molecule has 0 spiro atoms. The second kappa shape index (κ2) is 13.7. The maximum atomic E-state index is 12.2. The maximum absolute atomic E-state index is 12.2. The number of carbonyl (C=O) groups excluding carboxylic acids is 2. The monoisotopic (exact) mass is 497 g/mol. The van der Waals surface area contributed by atoms with Crippen LogP contribution in [-0.4, -0.2) is 61.4 Å². The van der Waals surface area contributed by atoms with E-state index in [-0.39, 0.29) is 32.0 Å². The van der Waals surface area contributed by atoms with Crippen molar-refractivity contribution in [2.75, 3.05) is 38.6 Å². The van der Waals surface area contributed by atoms with Gasteiger partial charge < -0.3 is 34.9 Å². The Morgan fingerprint density at radius 2 is 1.97 bits per heavy atom. The Kier molecular flexibility index (Phi) is 10.4. The standard InChI is InChI=1S/C27H35N3O6/c1-4-13-30(3)17-23-15-24(20-11-9-19(18-31)10-12-20)36-26(35-23)21-7-6-8-22(14-21)29-27(33)28-16-25(32)34-5-2/h4,6-12,14,23-24,26,31H,1,5,13,15-18H2,2-3H3,(H2,28,29,33). The minimum atomic E-state index is -0.646. The van der Waals surface area contributed by atoms with E-state index in [4.69, 9.17) is 14.2 Å². The number of nitrogens with one attached hydrogen (secondary N) is 2. The molecular formula is C27H35N3O6. The second-order valence-corrected chi connectivity index (χ2v) is 8.60. The van der Waals surface area contributed by atoms with Gasteiger partial charge in [0.1, 0.15) is 6.54 Å². The minimum Gasteiger partial charge on any atom is -0.465 e. The van der Waals surface area contributed by atoms with Crippen LogP contribution < -0.4 is 10.6 Å². The maximum Gasteiger partial charge on any atom is 0.325 e. The van der Waals surface area contributed by atoms with Crippen molar-refractivity contribution in [2.45, 2.75) is 38.4 Å². The number of aliphatic hydroxyl groups is 1. The van der Waals surface area contributed by atoms with Gasteiger partial charge in [-0.05, 0) is 37.2 Å². The van der Waals surface area contributed by atoms with E-state index >= 15 is 0 Å². The highest BCUT2D eigenvalue weighted by Crippen LogP contribution is 2.38. The van der Waals surface area contributed by atoms with Crippen LogP contribution in [-0.2, 0) is 25.6 Å².